The van der Waals surface area contributed by atoms with E-state index in [9.17, 15) is 24.5 Å². The Balaban J connectivity index is 1.84. The van der Waals surface area contributed by atoms with Gasteiger partial charge >= 0.3 is 17.7 Å². The van der Waals surface area contributed by atoms with E-state index >= 15 is 0 Å². The van der Waals surface area contributed by atoms with Crippen molar-refractivity contribution in [1.29, 1.82) is 0 Å². The number of anilines is 1. The summed E-state index contributed by atoms with van der Waals surface area (Å²) in [6.07, 6.45) is -0.664. The molecule has 0 aliphatic rings. The molecule has 0 bridgehead atoms. The molecule has 0 saturated carbocycles. The molecule has 10 nitrogen and oxygen atoms in total. The second kappa shape index (κ2) is 9.26. The smallest absolute Gasteiger partial charge is 0.411 e. The molecule has 0 aliphatic carbocycles. The van der Waals surface area contributed by atoms with Gasteiger partial charge < -0.3 is 13.9 Å². The summed E-state index contributed by atoms with van der Waals surface area (Å²) in [4.78, 5) is 46.1. The van der Waals surface area contributed by atoms with Crippen LogP contribution in [0.1, 0.15) is 22.8 Å². The lowest BCUT2D eigenvalue weighted by Gasteiger charge is -2.10. The summed E-state index contributed by atoms with van der Waals surface area (Å²) >= 11 is 5.95. The van der Waals surface area contributed by atoms with Crippen molar-refractivity contribution in [3.63, 3.8) is 0 Å². The van der Waals surface area contributed by atoms with Gasteiger partial charge in [0, 0.05) is 40.9 Å². The van der Waals surface area contributed by atoms with E-state index in [0.717, 1.165) is 18.2 Å². The van der Waals surface area contributed by atoms with Gasteiger partial charge in [-0.2, -0.15) is 0 Å². The molecule has 1 N–H and O–H groups in total. The maximum Gasteiger partial charge on any atom is 0.411 e. The van der Waals surface area contributed by atoms with Crippen molar-refractivity contribution < 1.29 is 28.4 Å². The number of carbonyl (C=O) groups excluding carboxylic acids is 2. The van der Waals surface area contributed by atoms with E-state index in [1.165, 1.54) is 12.1 Å². The third-order valence-electron chi connectivity index (χ3n) is 4.09. The van der Waals surface area contributed by atoms with Gasteiger partial charge in [0.15, 0.2) is 0 Å². The standard InChI is InChI=1S/C20H15ClN2O8/c1-2-29-20(26)22-12-3-5-14-11(7-18(24)31-17(14)8-12)10-30-19(25)15-9-13(23(27)28)4-6-16(15)21/h3-9H,2,10H2,1H3,(H,22,26). The number of nitro groups is 1. The fourth-order valence-corrected chi connectivity index (χ4v) is 2.91. The van der Waals surface area contributed by atoms with Crippen LogP contribution >= 0.6 is 11.6 Å². The van der Waals surface area contributed by atoms with E-state index in [1.54, 1.807) is 19.1 Å². The first-order valence-electron chi connectivity index (χ1n) is 8.90. The van der Waals surface area contributed by atoms with Gasteiger partial charge in [0.25, 0.3) is 5.69 Å². The number of hydrogen-bond acceptors (Lipinski definition) is 8. The van der Waals surface area contributed by atoms with Gasteiger partial charge in [0.05, 0.1) is 22.1 Å². The Kier molecular flexibility index (Phi) is 6.51. The Morgan fingerprint density at radius 1 is 1.16 bits per heavy atom. The lowest BCUT2D eigenvalue weighted by molar-refractivity contribution is -0.384. The average Bonchev–Trinajstić information content (AvgIpc) is 2.71. The van der Waals surface area contributed by atoms with Crippen molar-refractivity contribution in [1.82, 2.24) is 0 Å². The maximum atomic E-state index is 12.4. The second-order valence-corrected chi connectivity index (χ2v) is 6.55. The number of esters is 1. The van der Waals surface area contributed by atoms with E-state index in [1.807, 2.05) is 0 Å². The molecule has 0 aliphatic heterocycles. The molecule has 31 heavy (non-hydrogen) atoms. The molecule has 0 saturated heterocycles. The molecule has 3 rings (SSSR count). The second-order valence-electron chi connectivity index (χ2n) is 6.14. The number of benzene rings is 2. The van der Waals surface area contributed by atoms with E-state index in [2.05, 4.69) is 5.32 Å². The van der Waals surface area contributed by atoms with Crippen LogP contribution in [0, 0.1) is 10.1 Å². The number of ether oxygens (including phenoxy) is 2. The normalized spacial score (nSPS) is 10.5. The maximum absolute atomic E-state index is 12.4. The van der Waals surface area contributed by atoms with Crippen LogP contribution in [0.4, 0.5) is 16.2 Å². The largest absolute Gasteiger partial charge is 0.457 e. The number of carbonyl (C=O) groups is 2. The van der Waals surface area contributed by atoms with E-state index in [4.69, 9.17) is 25.5 Å². The monoisotopic (exact) mass is 446 g/mol. The molecule has 1 aromatic heterocycles. The van der Waals surface area contributed by atoms with Crippen molar-refractivity contribution in [2.45, 2.75) is 13.5 Å². The fraction of sp³-hybridized carbons (Fsp3) is 0.150. The van der Waals surface area contributed by atoms with Crippen LogP contribution in [0.5, 0.6) is 0 Å². The van der Waals surface area contributed by atoms with E-state index in [0.29, 0.717) is 16.6 Å². The molecule has 3 aromatic rings. The number of nitrogens with zero attached hydrogens (tertiary/aromatic N) is 1. The Morgan fingerprint density at radius 3 is 2.65 bits per heavy atom. The molecule has 1 amide bonds. The van der Waals surface area contributed by atoms with Crippen molar-refractivity contribution in [3.05, 3.63) is 79.1 Å². The van der Waals surface area contributed by atoms with Gasteiger partial charge in [-0.1, -0.05) is 11.6 Å². The summed E-state index contributed by atoms with van der Waals surface area (Å²) in [5.74, 6) is -0.893. The van der Waals surface area contributed by atoms with Gasteiger partial charge in [0.2, 0.25) is 0 Å². The zero-order chi connectivity index (χ0) is 22.5. The van der Waals surface area contributed by atoms with Gasteiger partial charge in [-0.3, -0.25) is 15.4 Å². The Hall–Kier alpha value is -3.92. The zero-order valence-electron chi connectivity index (χ0n) is 16.0. The highest BCUT2D eigenvalue weighted by atomic mass is 35.5. The molecule has 0 atom stereocenters. The summed E-state index contributed by atoms with van der Waals surface area (Å²) < 4.78 is 15.1. The van der Waals surface area contributed by atoms with Crippen LogP contribution in [0.25, 0.3) is 11.0 Å². The van der Waals surface area contributed by atoms with Crippen molar-refractivity contribution in [3.8, 4) is 0 Å². The first-order chi connectivity index (χ1) is 14.8. The molecule has 0 spiro atoms. The third kappa shape index (κ3) is 5.17. The summed E-state index contributed by atoms with van der Waals surface area (Å²) in [7, 11) is 0. The Labute approximate surface area is 179 Å². The first kappa shape index (κ1) is 21.8. The minimum absolute atomic E-state index is 0.0114. The number of nitro benzene ring substituents is 1. The number of rotatable bonds is 6. The van der Waals surface area contributed by atoms with Gasteiger partial charge in [-0.05, 0) is 25.1 Å². The molecular weight excluding hydrogens is 432 g/mol. The van der Waals surface area contributed by atoms with E-state index in [-0.39, 0.29) is 35.1 Å². The molecule has 11 heteroatoms. The summed E-state index contributed by atoms with van der Waals surface area (Å²) in [6, 6.07) is 9.11. The Morgan fingerprint density at radius 2 is 1.94 bits per heavy atom. The quantitative estimate of drug-likeness (QED) is 0.256. The van der Waals surface area contributed by atoms with Crippen LogP contribution in [0.15, 0.2) is 51.7 Å². The zero-order valence-corrected chi connectivity index (χ0v) is 16.8. The lowest BCUT2D eigenvalue weighted by atomic mass is 10.1. The van der Waals surface area contributed by atoms with Crippen LogP contribution < -0.4 is 10.9 Å². The van der Waals surface area contributed by atoms with Crippen LogP contribution in [-0.2, 0) is 16.1 Å². The molecule has 0 unspecified atom stereocenters. The molecule has 2 aromatic carbocycles. The SMILES string of the molecule is CCOC(=O)Nc1ccc2c(COC(=O)c3cc([N+](=O)[O-])ccc3Cl)cc(=O)oc2c1. The number of fused-ring (bicyclic) bond motifs is 1. The highest BCUT2D eigenvalue weighted by molar-refractivity contribution is 6.33. The summed E-state index contributed by atoms with van der Waals surface area (Å²) in [5, 5.41) is 13.9. The average molecular weight is 447 g/mol. The molecule has 160 valence electrons. The third-order valence-corrected chi connectivity index (χ3v) is 4.42. The van der Waals surface area contributed by atoms with Crippen molar-refractivity contribution in [2.75, 3.05) is 11.9 Å². The van der Waals surface area contributed by atoms with Crippen molar-refractivity contribution in [2.24, 2.45) is 0 Å². The van der Waals surface area contributed by atoms with E-state index < -0.39 is 22.6 Å². The molecule has 0 radical (unpaired) electrons. The van der Waals surface area contributed by atoms with Gasteiger partial charge in [-0.15, -0.1) is 0 Å². The number of nitrogens with one attached hydrogen (secondary N) is 1. The number of halogens is 1. The molecule has 1 heterocycles. The summed E-state index contributed by atoms with van der Waals surface area (Å²) in [5.41, 5.74) is -0.357. The molecular formula is C20H15ClN2O8. The van der Waals surface area contributed by atoms with Gasteiger partial charge in [-0.25, -0.2) is 14.4 Å². The summed E-state index contributed by atoms with van der Waals surface area (Å²) in [6.45, 7) is 1.54. The Bertz CT molecular complexity index is 1240. The number of hydrogen-bond donors (Lipinski definition) is 1. The van der Waals surface area contributed by atoms with Crippen molar-refractivity contribution >= 4 is 46.0 Å². The lowest BCUT2D eigenvalue weighted by Crippen LogP contribution is -2.13. The topological polar surface area (TPSA) is 138 Å². The predicted molar refractivity (Wildman–Crippen MR) is 110 cm³/mol. The van der Waals surface area contributed by atoms with Gasteiger partial charge in [0.1, 0.15) is 12.2 Å². The van der Waals surface area contributed by atoms with Crippen LogP contribution in [-0.4, -0.2) is 23.6 Å². The first-order valence-corrected chi connectivity index (χ1v) is 9.28. The fourth-order valence-electron chi connectivity index (χ4n) is 2.72. The minimum atomic E-state index is -0.893. The van der Waals surface area contributed by atoms with Crippen LogP contribution in [0.2, 0.25) is 5.02 Å². The minimum Gasteiger partial charge on any atom is -0.457 e. The highest BCUT2D eigenvalue weighted by Crippen LogP contribution is 2.25. The highest BCUT2D eigenvalue weighted by Gasteiger charge is 2.18. The molecule has 0 fully saturated rings. The number of non-ortho nitro benzene ring substituents is 1. The number of amides is 1. The van der Waals surface area contributed by atoms with Crippen LogP contribution in [0.3, 0.4) is 0 Å². The predicted octanol–water partition coefficient (Wildman–Crippen LogP) is 4.28.